The van der Waals surface area contributed by atoms with Crippen LogP contribution in [0.5, 0.6) is 0 Å². The second-order valence-electron chi connectivity index (χ2n) is 1.61. The zero-order chi connectivity index (χ0) is 7.40. The number of hydrogen-bond acceptors (Lipinski definition) is 4. The van der Waals surface area contributed by atoms with Crippen LogP contribution in [0.25, 0.3) is 0 Å². The Hall–Kier alpha value is -1.21. The van der Waals surface area contributed by atoms with Gasteiger partial charge in [-0.3, -0.25) is 4.79 Å². The third-order valence-electron chi connectivity index (χ3n) is 0.918. The Labute approximate surface area is 61.9 Å². The monoisotopic (exact) mass is 152 g/mol. The summed E-state index contributed by atoms with van der Waals surface area (Å²) in [5, 5.41) is 8.93. The second-order valence-corrected chi connectivity index (χ2v) is 2.76. The number of nitrogens with zero attached hydrogens (tertiary/aromatic N) is 2. The maximum Gasteiger partial charge on any atom is 0.161 e. The first-order valence-electron chi connectivity index (χ1n) is 2.63. The van der Waals surface area contributed by atoms with Crippen LogP contribution in [0, 0.1) is 11.3 Å². The molecule has 4 heteroatoms. The van der Waals surface area contributed by atoms with E-state index in [9.17, 15) is 4.79 Å². The van der Waals surface area contributed by atoms with E-state index in [0.717, 1.165) is 6.29 Å². The second kappa shape index (κ2) is 3.08. The van der Waals surface area contributed by atoms with Gasteiger partial charge in [0.2, 0.25) is 0 Å². The number of carbonyl (C=O) groups excluding carboxylic acids is 1. The minimum Gasteiger partial charge on any atom is -0.297 e. The van der Waals surface area contributed by atoms with Gasteiger partial charge in [0.1, 0.15) is 5.01 Å². The van der Waals surface area contributed by atoms with Gasteiger partial charge >= 0.3 is 0 Å². The van der Waals surface area contributed by atoms with E-state index in [1.165, 1.54) is 17.5 Å². The average Bonchev–Trinajstić information content (AvgIpc) is 2.37. The van der Waals surface area contributed by atoms with E-state index in [-0.39, 0.29) is 0 Å². The summed E-state index contributed by atoms with van der Waals surface area (Å²) >= 11 is 1.26. The molecular weight excluding hydrogens is 148 g/mol. The van der Waals surface area contributed by atoms with Crippen molar-refractivity contribution in [1.29, 1.82) is 5.26 Å². The number of hydrogen-bond donors (Lipinski definition) is 0. The van der Waals surface area contributed by atoms with Gasteiger partial charge in [-0.2, -0.15) is 5.26 Å². The molecule has 0 saturated carbocycles. The Bertz CT molecular complexity index is 274. The highest BCUT2D eigenvalue weighted by molar-refractivity contribution is 7.13. The van der Waals surface area contributed by atoms with Crippen LogP contribution in [0.2, 0.25) is 0 Å². The molecule has 0 saturated heterocycles. The Morgan fingerprint density at radius 2 is 2.70 bits per heavy atom. The Balaban J connectivity index is 2.80. The molecule has 0 aliphatic carbocycles. The van der Waals surface area contributed by atoms with E-state index < -0.39 is 0 Å². The predicted octanol–water partition coefficient (Wildman–Crippen LogP) is 1.02. The molecule has 0 fully saturated rings. The van der Waals surface area contributed by atoms with Crippen LogP contribution in [0.1, 0.15) is 14.7 Å². The molecule has 1 rings (SSSR count). The number of aldehydes is 1. The fraction of sp³-hybridized carbons (Fsp3) is 0.167. The van der Waals surface area contributed by atoms with Crippen LogP contribution in [0.4, 0.5) is 0 Å². The summed E-state index contributed by atoms with van der Waals surface area (Å²) in [6, 6.07) is 1.95. The predicted molar refractivity (Wildman–Crippen MR) is 36.8 cm³/mol. The molecule has 50 valence electrons. The van der Waals surface area contributed by atoms with Gasteiger partial charge in [-0.15, -0.1) is 11.3 Å². The molecule has 10 heavy (non-hydrogen) atoms. The Kier molecular flexibility index (Phi) is 2.13. The fourth-order valence-corrected chi connectivity index (χ4v) is 1.20. The van der Waals surface area contributed by atoms with Gasteiger partial charge < -0.3 is 0 Å². The van der Waals surface area contributed by atoms with Crippen molar-refractivity contribution in [2.24, 2.45) is 0 Å². The highest BCUT2D eigenvalue weighted by atomic mass is 32.1. The summed E-state index contributed by atoms with van der Waals surface area (Å²) in [4.78, 5) is 14.5. The smallest absolute Gasteiger partial charge is 0.161 e. The van der Waals surface area contributed by atoms with Crippen LogP contribution in [0.3, 0.4) is 0 Å². The number of carbonyl (C=O) groups is 1. The first-order valence-corrected chi connectivity index (χ1v) is 3.45. The van der Waals surface area contributed by atoms with Crippen molar-refractivity contribution in [1.82, 2.24) is 4.98 Å². The molecule has 0 aliphatic rings. The van der Waals surface area contributed by atoms with Gasteiger partial charge in [0.05, 0.1) is 17.4 Å². The van der Waals surface area contributed by atoms with Crippen molar-refractivity contribution >= 4 is 17.6 Å². The van der Waals surface area contributed by atoms with Crippen LogP contribution in [-0.2, 0) is 6.42 Å². The standard InChI is InChI=1S/C6H4N2OS/c7-2-1-6-8-3-5(4-9)10-6/h3-4H,1H2. The fourth-order valence-electron chi connectivity index (χ4n) is 0.528. The Morgan fingerprint density at radius 3 is 3.20 bits per heavy atom. The van der Waals surface area contributed by atoms with E-state index in [2.05, 4.69) is 4.98 Å². The highest BCUT2D eigenvalue weighted by Gasteiger charge is 1.98. The van der Waals surface area contributed by atoms with Crippen molar-refractivity contribution in [3.8, 4) is 6.07 Å². The molecule has 3 nitrogen and oxygen atoms in total. The third-order valence-corrected chi connectivity index (χ3v) is 1.84. The van der Waals surface area contributed by atoms with E-state index in [0.29, 0.717) is 16.3 Å². The van der Waals surface area contributed by atoms with Gasteiger partial charge in [-0.25, -0.2) is 4.98 Å². The molecule has 0 unspecified atom stereocenters. The summed E-state index contributed by atoms with van der Waals surface area (Å²) in [6.07, 6.45) is 2.50. The molecular formula is C6H4N2OS. The van der Waals surface area contributed by atoms with Crippen LogP contribution in [-0.4, -0.2) is 11.3 Å². The van der Waals surface area contributed by atoms with Crippen molar-refractivity contribution in [2.75, 3.05) is 0 Å². The normalized spacial score (nSPS) is 8.70. The van der Waals surface area contributed by atoms with Crippen LogP contribution < -0.4 is 0 Å². The van der Waals surface area contributed by atoms with E-state index >= 15 is 0 Å². The lowest BCUT2D eigenvalue weighted by Crippen LogP contribution is -1.74. The van der Waals surface area contributed by atoms with Gasteiger partial charge in [-0.1, -0.05) is 0 Å². The molecule has 0 aromatic carbocycles. The molecule has 1 aromatic heterocycles. The number of nitriles is 1. The number of thiazole rings is 1. The highest BCUT2D eigenvalue weighted by Crippen LogP contribution is 2.09. The molecule has 0 amide bonds. The van der Waals surface area contributed by atoms with Crippen molar-refractivity contribution in [3.05, 3.63) is 16.1 Å². The molecule has 0 spiro atoms. The quantitative estimate of drug-likeness (QED) is 0.594. The van der Waals surface area contributed by atoms with E-state index in [4.69, 9.17) is 5.26 Å². The molecule has 0 aliphatic heterocycles. The zero-order valence-electron chi connectivity index (χ0n) is 5.07. The maximum absolute atomic E-state index is 10.1. The van der Waals surface area contributed by atoms with Gasteiger partial charge in [0.15, 0.2) is 6.29 Å². The summed E-state index contributed by atoms with van der Waals surface area (Å²) in [5.74, 6) is 0. The lowest BCUT2D eigenvalue weighted by Gasteiger charge is -1.76. The van der Waals surface area contributed by atoms with Crippen molar-refractivity contribution < 1.29 is 4.79 Å². The lowest BCUT2D eigenvalue weighted by molar-refractivity contribution is 0.112. The number of rotatable bonds is 2. The maximum atomic E-state index is 10.1. The molecule has 1 heterocycles. The van der Waals surface area contributed by atoms with E-state index in [1.54, 1.807) is 0 Å². The summed E-state index contributed by atoms with van der Waals surface area (Å²) in [6.45, 7) is 0. The van der Waals surface area contributed by atoms with Crippen molar-refractivity contribution in [2.45, 2.75) is 6.42 Å². The molecule has 1 aromatic rings. The summed E-state index contributed by atoms with van der Waals surface area (Å²) in [5.41, 5.74) is 0. The molecule has 0 N–H and O–H groups in total. The largest absolute Gasteiger partial charge is 0.297 e. The average molecular weight is 152 g/mol. The third kappa shape index (κ3) is 1.39. The lowest BCUT2D eigenvalue weighted by atomic mass is 10.5. The van der Waals surface area contributed by atoms with Crippen LogP contribution >= 0.6 is 11.3 Å². The first-order chi connectivity index (χ1) is 4.86. The SMILES string of the molecule is N#CCc1ncc(C=O)s1. The topological polar surface area (TPSA) is 53.8 Å². The Morgan fingerprint density at radius 1 is 1.90 bits per heavy atom. The van der Waals surface area contributed by atoms with Gasteiger partial charge in [-0.05, 0) is 0 Å². The number of aromatic nitrogens is 1. The minimum absolute atomic E-state index is 0.290. The zero-order valence-corrected chi connectivity index (χ0v) is 5.89. The van der Waals surface area contributed by atoms with Crippen molar-refractivity contribution in [3.63, 3.8) is 0 Å². The first kappa shape index (κ1) is 6.90. The summed E-state index contributed by atoms with van der Waals surface area (Å²) < 4.78 is 0. The minimum atomic E-state index is 0.290. The van der Waals surface area contributed by atoms with Crippen LogP contribution in [0.15, 0.2) is 6.20 Å². The van der Waals surface area contributed by atoms with Gasteiger partial charge in [0, 0.05) is 6.20 Å². The van der Waals surface area contributed by atoms with Gasteiger partial charge in [0.25, 0.3) is 0 Å². The molecule has 0 radical (unpaired) electrons. The van der Waals surface area contributed by atoms with E-state index in [1.807, 2.05) is 6.07 Å². The molecule has 0 bridgehead atoms. The summed E-state index contributed by atoms with van der Waals surface area (Å²) in [7, 11) is 0. The molecule has 0 atom stereocenters.